The third kappa shape index (κ3) is 4.23. The summed E-state index contributed by atoms with van der Waals surface area (Å²) >= 11 is 1.73. The van der Waals surface area contributed by atoms with E-state index in [2.05, 4.69) is 31.2 Å². The Hall–Kier alpha value is -1.50. The Morgan fingerprint density at radius 1 is 1.19 bits per heavy atom. The van der Waals surface area contributed by atoms with Crippen LogP contribution in [0.5, 0.6) is 0 Å². The Labute approximate surface area is 129 Å². The molecule has 1 aliphatic heterocycles. The number of hydrogen-bond acceptors (Lipinski definition) is 6. The molecule has 0 bridgehead atoms. The summed E-state index contributed by atoms with van der Waals surface area (Å²) in [6, 6.07) is 4.08. The highest BCUT2D eigenvalue weighted by Crippen LogP contribution is 2.18. The van der Waals surface area contributed by atoms with Gasteiger partial charge in [-0.1, -0.05) is 6.07 Å². The fourth-order valence-electron chi connectivity index (χ4n) is 2.51. The van der Waals surface area contributed by atoms with E-state index < -0.39 is 0 Å². The van der Waals surface area contributed by atoms with Crippen LogP contribution >= 0.6 is 11.3 Å². The molecular formula is C15H21N5S. The number of thiazole rings is 1. The van der Waals surface area contributed by atoms with Crippen molar-refractivity contribution in [3.8, 4) is 0 Å². The van der Waals surface area contributed by atoms with Crippen LogP contribution in [0.3, 0.4) is 0 Å². The van der Waals surface area contributed by atoms with Gasteiger partial charge in [-0.25, -0.2) is 4.98 Å². The third-order valence-electron chi connectivity index (χ3n) is 3.72. The summed E-state index contributed by atoms with van der Waals surface area (Å²) < 4.78 is 0. The summed E-state index contributed by atoms with van der Waals surface area (Å²) in [7, 11) is 0. The molecule has 0 amide bonds. The van der Waals surface area contributed by atoms with E-state index in [9.17, 15) is 0 Å². The minimum Gasteiger partial charge on any atom is -0.346 e. The van der Waals surface area contributed by atoms with Gasteiger partial charge in [-0.2, -0.15) is 0 Å². The molecule has 0 radical (unpaired) electrons. The van der Waals surface area contributed by atoms with Gasteiger partial charge in [-0.3, -0.25) is 9.88 Å². The Kier molecular flexibility index (Phi) is 5.15. The zero-order valence-corrected chi connectivity index (χ0v) is 12.9. The van der Waals surface area contributed by atoms with Gasteiger partial charge < -0.3 is 10.2 Å². The quantitative estimate of drug-likeness (QED) is 0.818. The molecule has 0 atom stereocenters. The lowest BCUT2D eigenvalue weighted by Gasteiger charge is -2.34. The van der Waals surface area contributed by atoms with Gasteiger partial charge in [0.15, 0.2) is 5.13 Å². The van der Waals surface area contributed by atoms with E-state index in [1.54, 1.807) is 11.3 Å². The summed E-state index contributed by atoms with van der Waals surface area (Å²) in [5.41, 5.74) is 1.24. The summed E-state index contributed by atoms with van der Waals surface area (Å²) in [6.07, 6.45) is 5.61. The fourth-order valence-corrected chi connectivity index (χ4v) is 3.20. The summed E-state index contributed by atoms with van der Waals surface area (Å²) in [5, 5.41) is 6.68. The molecular weight excluding hydrogens is 282 g/mol. The number of aromatic nitrogens is 2. The summed E-state index contributed by atoms with van der Waals surface area (Å²) in [6.45, 7) is 7.42. The van der Waals surface area contributed by atoms with Crippen molar-refractivity contribution in [3.05, 3.63) is 41.7 Å². The molecule has 1 aliphatic rings. The van der Waals surface area contributed by atoms with Gasteiger partial charge in [0.25, 0.3) is 0 Å². The van der Waals surface area contributed by atoms with Gasteiger partial charge in [0, 0.05) is 69.8 Å². The summed E-state index contributed by atoms with van der Waals surface area (Å²) in [4.78, 5) is 13.4. The van der Waals surface area contributed by atoms with Crippen molar-refractivity contribution in [1.29, 1.82) is 0 Å². The van der Waals surface area contributed by atoms with Gasteiger partial charge in [0.1, 0.15) is 0 Å². The molecule has 0 aliphatic carbocycles. The predicted octanol–water partition coefficient (Wildman–Crippen LogP) is 1.45. The Morgan fingerprint density at radius 3 is 2.81 bits per heavy atom. The molecule has 0 saturated carbocycles. The molecule has 112 valence electrons. The second-order valence-electron chi connectivity index (χ2n) is 5.18. The normalized spacial score (nSPS) is 16.3. The van der Waals surface area contributed by atoms with Crippen LogP contribution in [-0.2, 0) is 6.54 Å². The monoisotopic (exact) mass is 303 g/mol. The van der Waals surface area contributed by atoms with Crippen molar-refractivity contribution in [1.82, 2.24) is 20.2 Å². The first-order valence-corrected chi connectivity index (χ1v) is 8.26. The van der Waals surface area contributed by atoms with Crippen LogP contribution in [0.15, 0.2) is 36.1 Å². The molecule has 5 nitrogen and oxygen atoms in total. The molecule has 2 aromatic heterocycles. The lowest BCUT2D eigenvalue weighted by atomic mass is 10.3. The Balaban J connectivity index is 1.33. The minimum absolute atomic E-state index is 0.896. The molecule has 1 fully saturated rings. The van der Waals surface area contributed by atoms with Crippen LogP contribution in [0.1, 0.15) is 5.56 Å². The largest absolute Gasteiger partial charge is 0.346 e. The minimum atomic E-state index is 0.896. The lowest BCUT2D eigenvalue weighted by molar-refractivity contribution is 0.257. The van der Waals surface area contributed by atoms with Crippen molar-refractivity contribution < 1.29 is 0 Å². The highest BCUT2D eigenvalue weighted by molar-refractivity contribution is 7.13. The molecule has 0 aromatic carbocycles. The van der Waals surface area contributed by atoms with Crippen LogP contribution < -0.4 is 10.2 Å². The van der Waals surface area contributed by atoms with E-state index in [4.69, 9.17) is 0 Å². The number of nitrogens with zero attached hydrogens (tertiary/aromatic N) is 4. The molecule has 1 saturated heterocycles. The zero-order chi connectivity index (χ0) is 14.3. The standard InChI is InChI=1S/C15H21N5S/c1-2-14(12-16-3-1)13-17-4-6-19-7-9-20(10-8-19)15-18-5-11-21-15/h1-3,5,11-12,17H,4,6-10,13H2. The van der Waals surface area contributed by atoms with E-state index in [1.807, 2.05) is 30.0 Å². The van der Waals surface area contributed by atoms with Crippen molar-refractivity contribution in [2.45, 2.75) is 6.54 Å². The fraction of sp³-hybridized carbons (Fsp3) is 0.467. The molecule has 1 N–H and O–H groups in total. The van der Waals surface area contributed by atoms with Crippen molar-refractivity contribution in [2.24, 2.45) is 0 Å². The molecule has 0 spiro atoms. The van der Waals surface area contributed by atoms with Crippen LogP contribution in [-0.4, -0.2) is 54.1 Å². The first-order valence-electron chi connectivity index (χ1n) is 7.38. The molecule has 21 heavy (non-hydrogen) atoms. The number of hydrogen-bond donors (Lipinski definition) is 1. The van der Waals surface area contributed by atoms with Crippen molar-refractivity contribution in [2.75, 3.05) is 44.2 Å². The van der Waals surface area contributed by atoms with E-state index in [0.29, 0.717) is 0 Å². The maximum Gasteiger partial charge on any atom is 0.185 e. The maximum absolute atomic E-state index is 4.38. The third-order valence-corrected chi connectivity index (χ3v) is 4.55. The second-order valence-corrected chi connectivity index (χ2v) is 6.05. The molecule has 3 rings (SSSR count). The Morgan fingerprint density at radius 2 is 2.10 bits per heavy atom. The first-order chi connectivity index (χ1) is 10.4. The zero-order valence-electron chi connectivity index (χ0n) is 12.1. The first kappa shape index (κ1) is 14.4. The number of pyridine rings is 1. The van der Waals surface area contributed by atoms with Crippen LogP contribution in [0, 0.1) is 0 Å². The van der Waals surface area contributed by atoms with Gasteiger partial charge in [-0.05, 0) is 11.6 Å². The van der Waals surface area contributed by atoms with Gasteiger partial charge in [0.2, 0.25) is 0 Å². The van der Waals surface area contributed by atoms with Crippen molar-refractivity contribution >= 4 is 16.5 Å². The highest BCUT2D eigenvalue weighted by Gasteiger charge is 2.17. The van der Waals surface area contributed by atoms with Crippen LogP contribution in [0.2, 0.25) is 0 Å². The lowest BCUT2D eigenvalue weighted by Crippen LogP contribution is -2.48. The molecule has 0 unspecified atom stereocenters. The second kappa shape index (κ2) is 7.49. The van der Waals surface area contributed by atoms with E-state index in [1.165, 1.54) is 5.56 Å². The number of rotatable bonds is 6. The van der Waals surface area contributed by atoms with Crippen molar-refractivity contribution in [3.63, 3.8) is 0 Å². The van der Waals surface area contributed by atoms with E-state index in [-0.39, 0.29) is 0 Å². The summed E-state index contributed by atoms with van der Waals surface area (Å²) in [5.74, 6) is 0. The topological polar surface area (TPSA) is 44.3 Å². The number of nitrogens with one attached hydrogen (secondary N) is 1. The van der Waals surface area contributed by atoms with Crippen LogP contribution in [0.25, 0.3) is 0 Å². The smallest absolute Gasteiger partial charge is 0.185 e. The van der Waals surface area contributed by atoms with Gasteiger partial charge in [0.05, 0.1) is 0 Å². The average Bonchev–Trinajstić information content (AvgIpc) is 3.08. The average molecular weight is 303 g/mol. The van der Waals surface area contributed by atoms with E-state index >= 15 is 0 Å². The molecule has 2 aromatic rings. The number of anilines is 1. The Bertz CT molecular complexity index is 508. The van der Waals surface area contributed by atoms with E-state index in [0.717, 1.165) is 50.9 Å². The predicted molar refractivity (Wildman–Crippen MR) is 86.7 cm³/mol. The maximum atomic E-state index is 4.38. The highest BCUT2D eigenvalue weighted by atomic mass is 32.1. The van der Waals surface area contributed by atoms with Gasteiger partial charge >= 0.3 is 0 Å². The molecule has 3 heterocycles. The molecule has 6 heteroatoms. The van der Waals surface area contributed by atoms with Crippen LogP contribution in [0.4, 0.5) is 5.13 Å². The number of piperazine rings is 1. The SMILES string of the molecule is c1cncc(CNCCN2CCN(c3nccs3)CC2)c1. The van der Waals surface area contributed by atoms with Gasteiger partial charge in [-0.15, -0.1) is 11.3 Å².